The third-order valence-electron chi connectivity index (χ3n) is 4.76. The Kier molecular flexibility index (Phi) is 6.33. The number of ether oxygens (including phenoxy) is 1. The summed E-state index contributed by atoms with van der Waals surface area (Å²) in [6, 6.07) is 24.0. The van der Waals surface area contributed by atoms with Gasteiger partial charge in [-0.3, -0.25) is 4.79 Å². The van der Waals surface area contributed by atoms with Gasteiger partial charge in [0, 0.05) is 17.9 Å². The van der Waals surface area contributed by atoms with Gasteiger partial charge in [0.15, 0.2) is 0 Å². The Morgan fingerprint density at radius 2 is 1.39 bits per heavy atom. The molecule has 0 aliphatic rings. The van der Waals surface area contributed by atoms with E-state index in [4.69, 9.17) is 4.74 Å². The number of carbonyl (C=O) groups excluding carboxylic acids is 1. The van der Waals surface area contributed by atoms with Crippen LogP contribution in [0.15, 0.2) is 72.8 Å². The van der Waals surface area contributed by atoms with Crippen molar-refractivity contribution in [2.45, 2.75) is 20.4 Å². The molecule has 4 nitrogen and oxygen atoms in total. The zero-order valence-corrected chi connectivity index (χ0v) is 16.6. The lowest BCUT2D eigenvalue weighted by molar-refractivity contribution is -0.119. The van der Waals surface area contributed by atoms with Gasteiger partial charge in [-0.1, -0.05) is 48.5 Å². The van der Waals surface area contributed by atoms with Crippen LogP contribution in [0.2, 0.25) is 0 Å². The van der Waals surface area contributed by atoms with Gasteiger partial charge < -0.3 is 15.0 Å². The first kappa shape index (κ1) is 19.5. The number of methoxy groups -OCH3 is 1. The van der Waals surface area contributed by atoms with Crippen LogP contribution in [0.4, 0.5) is 11.4 Å². The number of para-hydroxylation sites is 2. The van der Waals surface area contributed by atoms with Crippen LogP contribution in [0.3, 0.4) is 0 Å². The molecule has 3 aromatic carbocycles. The van der Waals surface area contributed by atoms with Crippen LogP contribution < -0.4 is 15.0 Å². The van der Waals surface area contributed by atoms with E-state index in [1.807, 2.05) is 48.5 Å². The predicted octanol–water partition coefficient (Wildman–Crippen LogP) is 4.77. The maximum atomic E-state index is 12.7. The van der Waals surface area contributed by atoms with Gasteiger partial charge in [-0.15, -0.1) is 0 Å². The molecule has 0 saturated heterocycles. The van der Waals surface area contributed by atoms with Crippen molar-refractivity contribution in [3.05, 3.63) is 89.5 Å². The number of benzene rings is 3. The average Bonchev–Trinajstić information content (AvgIpc) is 2.72. The Morgan fingerprint density at radius 1 is 0.857 bits per heavy atom. The first-order valence-electron chi connectivity index (χ1n) is 9.37. The fraction of sp³-hybridized carbons (Fsp3) is 0.208. The summed E-state index contributed by atoms with van der Waals surface area (Å²) >= 11 is 0. The molecule has 0 spiro atoms. The average molecular weight is 374 g/mol. The van der Waals surface area contributed by atoms with Gasteiger partial charge in [-0.2, -0.15) is 0 Å². The highest BCUT2D eigenvalue weighted by Gasteiger charge is 2.17. The topological polar surface area (TPSA) is 41.6 Å². The molecule has 3 aromatic rings. The van der Waals surface area contributed by atoms with E-state index in [-0.39, 0.29) is 12.5 Å². The highest BCUT2D eigenvalue weighted by Crippen LogP contribution is 2.30. The molecule has 28 heavy (non-hydrogen) atoms. The lowest BCUT2D eigenvalue weighted by Crippen LogP contribution is -2.35. The normalized spacial score (nSPS) is 10.4. The van der Waals surface area contributed by atoms with Crippen molar-refractivity contribution < 1.29 is 9.53 Å². The number of rotatable bonds is 7. The van der Waals surface area contributed by atoms with Crippen molar-refractivity contribution in [2.75, 3.05) is 18.6 Å². The number of anilines is 2. The first-order chi connectivity index (χ1) is 13.6. The summed E-state index contributed by atoms with van der Waals surface area (Å²) in [6.07, 6.45) is 0. The van der Waals surface area contributed by atoms with Crippen LogP contribution in [0.5, 0.6) is 5.75 Å². The summed E-state index contributed by atoms with van der Waals surface area (Å²) in [5, 5.41) is 3.02. The van der Waals surface area contributed by atoms with E-state index in [2.05, 4.69) is 48.3 Å². The molecule has 0 aromatic heterocycles. The van der Waals surface area contributed by atoms with Crippen LogP contribution in [0.1, 0.15) is 16.7 Å². The van der Waals surface area contributed by atoms with E-state index >= 15 is 0 Å². The summed E-state index contributed by atoms with van der Waals surface area (Å²) in [4.78, 5) is 14.8. The number of nitrogens with one attached hydrogen (secondary N) is 1. The summed E-state index contributed by atoms with van der Waals surface area (Å²) in [5.74, 6) is 0.780. The molecular weight excluding hydrogens is 348 g/mol. The van der Waals surface area contributed by atoms with Crippen LogP contribution in [0.25, 0.3) is 0 Å². The molecule has 0 unspecified atom stereocenters. The molecule has 0 aliphatic heterocycles. The van der Waals surface area contributed by atoms with E-state index in [9.17, 15) is 4.79 Å². The number of amides is 1. The van der Waals surface area contributed by atoms with E-state index < -0.39 is 0 Å². The number of aryl methyl sites for hydroxylation is 2. The molecule has 0 fully saturated rings. The van der Waals surface area contributed by atoms with Crippen molar-refractivity contribution in [3.63, 3.8) is 0 Å². The zero-order valence-electron chi connectivity index (χ0n) is 16.6. The first-order valence-corrected chi connectivity index (χ1v) is 9.37. The molecular formula is C24H26N2O2. The molecule has 4 heteroatoms. The zero-order chi connectivity index (χ0) is 19.9. The van der Waals surface area contributed by atoms with Gasteiger partial charge in [-0.05, 0) is 54.8 Å². The SMILES string of the molecule is COc1ccc(CNC(=O)CN(c2ccccc2C)c2ccccc2C)cc1. The lowest BCUT2D eigenvalue weighted by atomic mass is 10.1. The summed E-state index contributed by atoms with van der Waals surface area (Å²) in [7, 11) is 1.64. The van der Waals surface area contributed by atoms with E-state index in [0.29, 0.717) is 6.54 Å². The van der Waals surface area contributed by atoms with Gasteiger partial charge in [0.25, 0.3) is 0 Å². The van der Waals surface area contributed by atoms with Gasteiger partial charge in [0.1, 0.15) is 12.3 Å². The Balaban J connectivity index is 1.76. The number of carbonyl (C=O) groups is 1. The Hall–Kier alpha value is -3.27. The number of nitrogens with zero attached hydrogens (tertiary/aromatic N) is 1. The minimum atomic E-state index is -0.0256. The Labute approximate surface area is 166 Å². The molecule has 0 bridgehead atoms. The van der Waals surface area contributed by atoms with E-state index in [0.717, 1.165) is 33.8 Å². The molecule has 3 rings (SSSR count). The summed E-state index contributed by atoms with van der Waals surface area (Å²) in [5.41, 5.74) is 5.38. The van der Waals surface area contributed by atoms with E-state index in [1.54, 1.807) is 7.11 Å². The van der Waals surface area contributed by atoms with Gasteiger partial charge in [0.2, 0.25) is 5.91 Å². The summed E-state index contributed by atoms with van der Waals surface area (Å²) in [6.45, 7) is 4.87. The fourth-order valence-corrected chi connectivity index (χ4v) is 3.18. The monoisotopic (exact) mass is 374 g/mol. The second-order valence-electron chi connectivity index (χ2n) is 6.78. The van der Waals surface area contributed by atoms with Crippen LogP contribution >= 0.6 is 0 Å². The molecule has 0 saturated carbocycles. The quantitative estimate of drug-likeness (QED) is 0.648. The Morgan fingerprint density at radius 3 is 1.89 bits per heavy atom. The molecule has 1 N–H and O–H groups in total. The molecule has 0 aliphatic carbocycles. The highest BCUT2D eigenvalue weighted by atomic mass is 16.5. The fourth-order valence-electron chi connectivity index (χ4n) is 3.18. The molecule has 1 amide bonds. The largest absolute Gasteiger partial charge is 0.497 e. The second kappa shape index (κ2) is 9.09. The van der Waals surface area contributed by atoms with Crippen molar-refractivity contribution in [1.29, 1.82) is 0 Å². The third-order valence-corrected chi connectivity index (χ3v) is 4.76. The molecule has 144 valence electrons. The lowest BCUT2D eigenvalue weighted by Gasteiger charge is -2.27. The molecule has 0 atom stereocenters. The standard InChI is InChI=1S/C24H26N2O2/c1-18-8-4-6-10-22(18)26(23-11-7-5-9-19(23)2)17-24(27)25-16-20-12-14-21(28-3)15-13-20/h4-15H,16-17H2,1-3H3,(H,25,27). The minimum absolute atomic E-state index is 0.0256. The molecule has 0 heterocycles. The van der Waals surface area contributed by atoms with Crippen molar-refractivity contribution >= 4 is 17.3 Å². The van der Waals surface area contributed by atoms with Crippen LogP contribution in [-0.4, -0.2) is 19.6 Å². The maximum Gasteiger partial charge on any atom is 0.240 e. The summed E-state index contributed by atoms with van der Waals surface area (Å²) < 4.78 is 5.17. The maximum absolute atomic E-state index is 12.7. The van der Waals surface area contributed by atoms with Crippen LogP contribution in [0, 0.1) is 13.8 Å². The van der Waals surface area contributed by atoms with Crippen molar-refractivity contribution in [1.82, 2.24) is 5.32 Å². The molecule has 0 radical (unpaired) electrons. The highest BCUT2D eigenvalue weighted by molar-refractivity contribution is 5.85. The number of hydrogen-bond acceptors (Lipinski definition) is 3. The smallest absolute Gasteiger partial charge is 0.240 e. The minimum Gasteiger partial charge on any atom is -0.497 e. The number of hydrogen-bond donors (Lipinski definition) is 1. The van der Waals surface area contributed by atoms with Gasteiger partial charge in [-0.25, -0.2) is 0 Å². The van der Waals surface area contributed by atoms with E-state index in [1.165, 1.54) is 0 Å². The van der Waals surface area contributed by atoms with Crippen molar-refractivity contribution in [2.24, 2.45) is 0 Å². The third kappa shape index (κ3) is 4.71. The Bertz CT molecular complexity index is 890. The van der Waals surface area contributed by atoms with Gasteiger partial charge in [0.05, 0.1) is 7.11 Å². The second-order valence-corrected chi connectivity index (χ2v) is 6.78. The van der Waals surface area contributed by atoms with Crippen molar-refractivity contribution in [3.8, 4) is 5.75 Å². The van der Waals surface area contributed by atoms with Crippen LogP contribution in [-0.2, 0) is 11.3 Å². The predicted molar refractivity (Wildman–Crippen MR) is 114 cm³/mol. The van der Waals surface area contributed by atoms with Gasteiger partial charge >= 0.3 is 0 Å².